The van der Waals surface area contributed by atoms with Crippen molar-refractivity contribution < 1.29 is 5.11 Å². The molecule has 1 nitrogen and oxygen atoms in total. The molecule has 3 rings (SSSR count). The quantitative estimate of drug-likeness (QED) is 0.618. The molecule has 1 aliphatic carbocycles. The molecule has 0 spiro atoms. The fourth-order valence-corrected chi connectivity index (χ4v) is 4.06. The van der Waals surface area contributed by atoms with E-state index in [1.54, 1.807) is 0 Å². The Kier molecular flexibility index (Phi) is 6.09. The van der Waals surface area contributed by atoms with Crippen molar-refractivity contribution in [2.24, 2.45) is 5.92 Å². The minimum atomic E-state index is -0.150. The standard InChI is InChI=1S/C24H30O/c1-3-4-5-24(25)23-16-14-22(15-17-23)21-12-10-20(11-13-21)19-8-6-18(2)7-9-19/h3,6-13,22-25H,1,4-5,14-17H2,2H3. The summed E-state index contributed by atoms with van der Waals surface area (Å²) in [5, 5.41) is 10.3. The molecule has 0 aromatic heterocycles. The highest BCUT2D eigenvalue weighted by molar-refractivity contribution is 5.64. The number of benzene rings is 2. The molecule has 0 radical (unpaired) electrons. The Balaban J connectivity index is 1.58. The van der Waals surface area contributed by atoms with Gasteiger partial charge < -0.3 is 5.11 Å². The summed E-state index contributed by atoms with van der Waals surface area (Å²) < 4.78 is 0. The van der Waals surface area contributed by atoms with Crippen LogP contribution in [0.15, 0.2) is 61.2 Å². The third-order valence-electron chi connectivity index (χ3n) is 5.75. The molecule has 2 aromatic carbocycles. The van der Waals surface area contributed by atoms with E-state index in [2.05, 4.69) is 62.0 Å². The van der Waals surface area contributed by atoms with Crippen LogP contribution in [0.4, 0.5) is 0 Å². The van der Waals surface area contributed by atoms with Crippen LogP contribution in [0.2, 0.25) is 0 Å². The van der Waals surface area contributed by atoms with E-state index in [0.717, 1.165) is 25.7 Å². The maximum Gasteiger partial charge on any atom is 0.0571 e. The molecule has 1 N–H and O–H groups in total. The van der Waals surface area contributed by atoms with Gasteiger partial charge in [0, 0.05) is 0 Å². The van der Waals surface area contributed by atoms with Gasteiger partial charge in [-0.25, -0.2) is 0 Å². The summed E-state index contributed by atoms with van der Waals surface area (Å²) in [6.07, 6.45) is 8.21. The Morgan fingerprint density at radius 3 is 2.08 bits per heavy atom. The predicted molar refractivity (Wildman–Crippen MR) is 107 cm³/mol. The summed E-state index contributed by atoms with van der Waals surface area (Å²) >= 11 is 0. The van der Waals surface area contributed by atoms with Crippen molar-refractivity contribution in [3.8, 4) is 11.1 Å². The monoisotopic (exact) mass is 334 g/mol. The van der Waals surface area contributed by atoms with Crippen molar-refractivity contribution in [2.45, 2.75) is 57.5 Å². The highest BCUT2D eigenvalue weighted by atomic mass is 16.3. The largest absolute Gasteiger partial charge is 0.393 e. The van der Waals surface area contributed by atoms with E-state index >= 15 is 0 Å². The van der Waals surface area contributed by atoms with Gasteiger partial charge in [0.25, 0.3) is 0 Å². The first-order chi connectivity index (χ1) is 12.2. The van der Waals surface area contributed by atoms with Gasteiger partial charge in [0.1, 0.15) is 0 Å². The van der Waals surface area contributed by atoms with Gasteiger partial charge in [-0.15, -0.1) is 6.58 Å². The summed E-state index contributed by atoms with van der Waals surface area (Å²) in [7, 11) is 0. The van der Waals surface area contributed by atoms with E-state index < -0.39 is 0 Å². The van der Waals surface area contributed by atoms with Crippen molar-refractivity contribution in [3.63, 3.8) is 0 Å². The number of hydrogen-bond donors (Lipinski definition) is 1. The molecule has 1 aliphatic rings. The zero-order valence-corrected chi connectivity index (χ0v) is 15.3. The van der Waals surface area contributed by atoms with E-state index in [1.165, 1.54) is 35.1 Å². The highest BCUT2D eigenvalue weighted by Gasteiger charge is 2.26. The normalized spacial score (nSPS) is 21.7. The average molecular weight is 335 g/mol. The highest BCUT2D eigenvalue weighted by Crippen LogP contribution is 2.38. The Morgan fingerprint density at radius 2 is 1.52 bits per heavy atom. The first-order valence-electron chi connectivity index (χ1n) is 9.63. The second-order valence-electron chi connectivity index (χ2n) is 7.53. The van der Waals surface area contributed by atoms with Crippen LogP contribution in [0.25, 0.3) is 11.1 Å². The number of rotatable bonds is 6. The minimum Gasteiger partial charge on any atom is -0.393 e. The minimum absolute atomic E-state index is 0.150. The zero-order chi connectivity index (χ0) is 17.6. The van der Waals surface area contributed by atoms with E-state index in [9.17, 15) is 5.11 Å². The van der Waals surface area contributed by atoms with Gasteiger partial charge in [0.05, 0.1) is 6.10 Å². The third-order valence-corrected chi connectivity index (χ3v) is 5.75. The van der Waals surface area contributed by atoms with Crippen LogP contribution in [-0.2, 0) is 0 Å². The van der Waals surface area contributed by atoms with Crippen LogP contribution in [0.3, 0.4) is 0 Å². The van der Waals surface area contributed by atoms with E-state index in [0.29, 0.717) is 11.8 Å². The van der Waals surface area contributed by atoms with E-state index in [4.69, 9.17) is 0 Å². The van der Waals surface area contributed by atoms with Gasteiger partial charge in [-0.1, -0.05) is 60.2 Å². The van der Waals surface area contributed by atoms with Crippen molar-refractivity contribution in [2.75, 3.05) is 0 Å². The molecule has 0 amide bonds. The molecular weight excluding hydrogens is 304 g/mol. The lowest BCUT2D eigenvalue weighted by atomic mass is 9.76. The number of aliphatic hydroxyl groups is 1. The van der Waals surface area contributed by atoms with Crippen molar-refractivity contribution >= 4 is 0 Å². The van der Waals surface area contributed by atoms with Crippen LogP contribution >= 0.6 is 0 Å². The van der Waals surface area contributed by atoms with Gasteiger partial charge in [-0.3, -0.25) is 0 Å². The summed E-state index contributed by atoms with van der Waals surface area (Å²) in [5.74, 6) is 1.12. The molecular formula is C24H30O. The van der Waals surface area contributed by atoms with Crippen LogP contribution in [0.5, 0.6) is 0 Å². The average Bonchev–Trinajstić information content (AvgIpc) is 2.67. The maximum absolute atomic E-state index is 10.3. The van der Waals surface area contributed by atoms with Crippen molar-refractivity contribution in [3.05, 3.63) is 72.3 Å². The van der Waals surface area contributed by atoms with Crippen LogP contribution < -0.4 is 0 Å². The summed E-state index contributed by atoms with van der Waals surface area (Å²) in [6.45, 7) is 5.87. The SMILES string of the molecule is C=CCCC(O)C1CCC(c2ccc(-c3ccc(C)cc3)cc2)CC1. The predicted octanol–water partition coefficient (Wildman–Crippen LogP) is 6.26. The van der Waals surface area contributed by atoms with Gasteiger partial charge in [0.2, 0.25) is 0 Å². The number of aryl methyl sites for hydroxylation is 1. The number of hydrogen-bond acceptors (Lipinski definition) is 1. The molecule has 1 unspecified atom stereocenters. The summed E-state index contributed by atoms with van der Waals surface area (Å²) in [6, 6.07) is 17.8. The second-order valence-corrected chi connectivity index (χ2v) is 7.53. The Morgan fingerprint density at radius 1 is 0.960 bits per heavy atom. The van der Waals surface area contributed by atoms with E-state index in [-0.39, 0.29) is 6.10 Å². The third kappa shape index (κ3) is 4.61. The molecule has 1 saturated carbocycles. The van der Waals surface area contributed by atoms with Gasteiger partial charge in [-0.05, 0) is 74.0 Å². The van der Waals surface area contributed by atoms with Crippen LogP contribution in [0, 0.1) is 12.8 Å². The molecule has 0 saturated heterocycles. The Bertz CT molecular complexity index is 660. The molecule has 0 bridgehead atoms. The van der Waals surface area contributed by atoms with Gasteiger partial charge in [-0.2, -0.15) is 0 Å². The van der Waals surface area contributed by atoms with E-state index in [1.807, 2.05) is 6.08 Å². The first-order valence-corrected chi connectivity index (χ1v) is 9.63. The number of aliphatic hydroxyl groups excluding tert-OH is 1. The topological polar surface area (TPSA) is 20.2 Å². The Labute approximate surface area is 152 Å². The molecule has 0 aliphatic heterocycles. The lowest BCUT2D eigenvalue weighted by molar-refractivity contribution is 0.0745. The fourth-order valence-electron chi connectivity index (χ4n) is 4.06. The van der Waals surface area contributed by atoms with Gasteiger partial charge in [0.15, 0.2) is 0 Å². The lowest BCUT2D eigenvalue weighted by Crippen LogP contribution is -2.25. The summed E-state index contributed by atoms with van der Waals surface area (Å²) in [4.78, 5) is 0. The maximum atomic E-state index is 10.3. The molecule has 25 heavy (non-hydrogen) atoms. The molecule has 1 atom stereocenters. The lowest BCUT2D eigenvalue weighted by Gasteiger charge is -2.31. The van der Waals surface area contributed by atoms with Gasteiger partial charge >= 0.3 is 0 Å². The second kappa shape index (κ2) is 8.49. The zero-order valence-electron chi connectivity index (χ0n) is 15.3. The molecule has 2 aromatic rings. The van der Waals surface area contributed by atoms with Crippen LogP contribution in [-0.4, -0.2) is 11.2 Å². The molecule has 132 valence electrons. The van der Waals surface area contributed by atoms with Crippen molar-refractivity contribution in [1.82, 2.24) is 0 Å². The van der Waals surface area contributed by atoms with Crippen molar-refractivity contribution in [1.29, 1.82) is 0 Å². The Hall–Kier alpha value is -1.86. The van der Waals surface area contributed by atoms with Crippen LogP contribution in [0.1, 0.15) is 55.6 Å². The molecule has 0 heterocycles. The molecule has 1 heteroatoms. The smallest absolute Gasteiger partial charge is 0.0571 e. The fraction of sp³-hybridized carbons (Fsp3) is 0.417. The molecule has 1 fully saturated rings. The summed E-state index contributed by atoms with van der Waals surface area (Å²) in [5.41, 5.74) is 5.32. The first kappa shape index (κ1) is 17.9. The number of allylic oxidation sites excluding steroid dienone is 1.